The summed E-state index contributed by atoms with van der Waals surface area (Å²) in [5, 5.41) is 12.0. The third-order valence-corrected chi connectivity index (χ3v) is 4.18. The van der Waals surface area contributed by atoms with Crippen molar-refractivity contribution in [3.63, 3.8) is 0 Å². The Balaban J connectivity index is 2.08. The lowest BCUT2D eigenvalue weighted by Gasteiger charge is -2.09. The highest BCUT2D eigenvalue weighted by Crippen LogP contribution is 2.19. The van der Waals surface area contributed by atoms with Gasteiger partial charge >= 0.3 is 0 Å². The standard InChI is InChI=1S/C17H15BrN2O/c1-2-16(18)17(21)13-5-9-15(10-6-13)20-14-7-3-12(11-19)4-8-14/h3-10,16,20H,2H2,1H3. The predicted molar refractivity (Wildman–Crippen MR) is 88.2 cm³/mol. The Hall–Kier alpha value is -2.12. The summed E-state index contributed by atoms with van der Waals surface area (Å²) < 4.78 is 0. The van der Waals surface area contributed by atoms with Gasteiger partial charge in [0.15, 0.2) is 5.78 Å². The van der Waals surface area contributed by atoms with Gasteiger partial charge in [0.1, 0.15) is 0 Å². The third-order valence-electron chi connectivity index (χ3n) is 3.12. The van der Waals surface area contributed by atoms with Gasteiger partial charge in [-0.1, -0.05) is 22.9 Å². The molecule has 0 aliphatic rings. The monoisotopic (exact) mass is 342 g/mol. The number of carbonyl (C=O) groups excluding carboxylic acids is 1. The molecule has 21 heavy (non-hydrogen) atoms. The van der Waals surface area contributed by atoms with E-state index in [1.807, 2.05) is 43.3 Å². The summed E-state index contributed by atoms with van der Waals surface area (Å²) in [6, 6.07) is 16.7. The molecule has 0 aromatic heterocycles. The molecule has 0 saturated heterocycles. The third kappa shape index (κ3) is 3.93. The number of ketones is 1. The Bertz CT molecular complexity index is 657. The summed E-state index contributed by atoms with van der Waals surface area (Å²) in [5.74, 6) is 0.0995. The molecule has 0 saturated carbocycles. The molecular formula is C17H15BrN2O. The van der Waals surface area contributed by atoms with Gasteiger partial charge in [-0.2, -0.15) is 5.26 Å². The molecule has 0 fully saturated rings. The maximum absolute atomic E-state index is 12.0. The summed E-state index contributed by atoms with van der Waals surface area (Å²) in [5.41, 5.74) is 3.13. The van der Waals surface area contributed by atoms with Gasteiger partial charge in [-0.05, 0) is 55.0 Å². The second-order valence-electron chi connectivity index (χ2n) is 4.63. The first kappa shape index (κ1) is 15.3. The largest absolute Gasteiger partial charge is 0.356 e. The average molecular weight is 343 g/mol. The number of alkyl halides is 1. The van der Waals surface area contributed by atoms with Crippen molar-refractivity contribution >= 4 is 33.1 Å². The number of nitrogens with one attached hydrogen (secondary N) is 1. The highest BCUT2D eigenvalue weighted by Gasteiger charge is 2.14. The van der Waals surface area contributed by atoms with Crippen LogP contribution in [0.1, 0.15) is 29.3 Å². The van der Waals surface area contributed by atoms with Crippen molar-refractivity contribution in [3.05, 3.63) is 59.7 Å². The minimum atomic E-state index is -0.130. The lowest BCUT2D eigenvalue weighted by Crippen LogP contribution is -2.12. The van der Waals surface area contributed by atoms with Crippen LogP contribution in [0.25, 0.3) is 0 Å². The molecule has 1 unspecified atom stereocenters. The molecule has 2 aromatic carbocycles. The smallest absolute Gasteiger partial charge is 0.176 e. The predicted octanol–water partition coefficient (Wildman–Crippen LogP) is 4.66. The maximum atomic E-state index is 12.0. The van der Waals surface area contributed by atoms with Gasteiger partial charge < -0.3 is 5.32 Å². The summed E-state index contributed by atoms with van der Waals surface area (Å²) in [6.07, 6.45) is 0.768. The second kappa shape index (κ2) is 7.05. The first-order valence-electron chi connectivity index (χ1n) is 6.69. The topological polar surface area (TPSA) is 52.9 Å². The molecule has 1 N–H and O–H groups in total. The van der Waals surface area contributed by atoms with Gasteiger partial charge in [0, 0.05) is 16.9 Å². The van der Waals surface area contributed by atoms with Crippen molar-refractivity contribution < 1.29 is 4.79 Å². The number of hydrogen-bond donors (Lipinski definition) is 1. The molecule has 0 bridgehead atoms. The number of anilines is 2. The normalized spacial score (nSPS) is 11.5. The minimum absolute atomic E-state index is 0.0995. The lowest BCUT2D eigenvalue weighted by molar-refractivity contribution is 0.0990. The van der Waals surface area contributed by atoms with E-state index in [-0.39, 0.29) is 10.6 Å². The van der Waals surface area contributed by atoms with Crippen LogP contribution in [0.5, 0.6) is 0 Å². The van der Waals surface area contributed by atoms with Gasteiger partial charge in [0.25, 0.3) is 0 Å². The molecule has 0 radical (unpaired) electrons. The van der Waals surface area contributed by atoms with E-state index in [0.29, 0.717) is 11.1 Å². The molecule has 0 aliphatic carbocycles. The first-order chi connectivity index (χ1) is 10.1. The van der Waals surface area contributed by atoms with Crippen LogP contribution in [0.4, 0.5) is 11.4 Å². The number of rotatable bonds is 5. The molecule has 106 valence electrons. The Labute approximate surface area is 132 Å². The van der Waals surface area contributed by atoms with E-state index in [0.717, 1.165) is 17.8 Å². The van der Waals surface area contributed by atoms with Crippen molar-refractivity contribution in [2.24, 2.45) is 0 Å². The highest BCUT2D eigenvalue weighted by molar-refractivity contribution is 9.10. The lowest BCUT2D eigenvalue weighted by atomic mass is 10.1. The van der Waals surface area contributed by atoms with E-state index in [2.05, 4.69) is 27.3 Å². The number of hydrogen-bond acceptors (Lipinski definition) is 3. The summed E-state index contributed by atoms with van der Waals surface area (Å²) in [4.78, 5) is 11.9. The summed E-state index contributed by atoms with van der Waals surface area (Å²) in [6.45, 7) is 1.97. The SMILES string of the molecule is CCC(Br)C(=O)c1ccc(Nc2ccc(C#N)cc2)cc1. The molecule has 4 heteroatoms. The van der Waals surface area contributed by atoms with Crippen molar-refractivity contribution in [2.45, 2.75) is 18.2 Å². The number of carbonyl (C=O) groups is 1. The van der Waals surface area contributed by atoms with Gasteiger partial charge in [-0.3, -0.25) is 4.79 Å². The zero-order valence-corrected chi connectivity index (χ0v) is 13.2. The van der Waals surface area contributed by atoms with Crippen LogP contribution in [0.2, 0.25) is 0 Å². The van der Waals surface area contributed by atoms with Crippen LogP contribution in [-0.4, -0.2) is 10.6 Å². The fraction of sp³-hybridized carbons (Fsp3) is 0.176. The fourth-order valence-electron chi connectivity index (χ4n) is 1.88. The van der Waals surface area contributed by atoms with E-state index in [9.17, 15) is 4.79 Å². The fourth-order valence-corrected chi connectivity index (χ4v) is 2.14. The number of nitrogens with zero attached hydrogens (tertiary/aromatic N) is 1. The molecule has 0 aliphatic heterocycles. The quantitative estimate of drug-likeness (QED) is 0.635. The number of Topliss-reactive ketones (excluding diaryl/α,β-unsaturated/α-hetero) is 1. The molecule has 2 aromatic rings. The summed E-state index contributed by atoms with van der Waals surface area (Å²) >= 11 is 3.37. The van der Waals surface area contributed by atoms with Gasteiger partial charge in [-0.15, -0.1) is 0 Å². The van der Waals surface area contributed by atoms with Crippen molar-refractivity contribution in [3.8, 4) is 6.07 Å². The van der Waals surface area contributed by atoms with E-state index in [1.165, 1.54) is 0 Å². The maximum Gasteiger partial charge on any atom is 0.176 e. The van der Waals surface area contributed by atoms with Crippen LogP contribution in [0.15, 0.2) is 48.5 Å². The van der Waals surface area contributed by atoms with Crippen LogP contribution >= 0.6 is 15.9 Å². The number of benzene rings is 2. The van der Waals surface area contributed by atoms with E-state index >= 15 is 0 Å². The van der Waals surface area contributed by atoms with Crippen LogP contribution in [0.3, 0.4) is 0 Å². The Morgan fingerprint density at radius 2 is 1.67 bits per heavy atom. The highest BCUT2D eigenvalue weighted by atomic mass is 79.9. The Morgan fingerprint density at radius 1 is 1.14 bits per heavy atom. The van der Waals surface area contributed by atoms with E-state index in [4.69, 9.17) is 5.26 Å². The molecule has 0 spiro atoms. The molecule has 3 nitrogen and oxygen atoms in total. The zero-order chi connectivity index (χ0) is 15.2. The Kier molecular flexibility index (Phi) is 5.13. The zero-order valence-electron chi connectivity index (χ0n) is 11.6. The number of halogens is 1. The second-order valence-corrected chi connectivity index (χ2v) is 5.74. The van der Waals surface area contributed by atoms with E-state index < -0.39 is 0 Å². The minimum Gasteiger partial charge on any atom is -0.356 e. The first-order valence-corrected chi connectivity index (χ1v) is 7.61. The molecule has 2 rings (SSSR count). The average Bonchev–Trinajstić information content (AvgIpc) is 2.55. The van der Waals surface area contributed by atoms with Crippen LogP contribution in [-0.2, 0) is 0 Å². The van der Waals surface area contributed by atoms with Crippen LogP contribution in [0, 0.1) is 11.3 Å². The molecule has 1 atom stereocenters. The van der Waals surface area contributed by atoms with Gasteiger partial charge in [0.05, 0.1) is 16.5 Å². The van der Waals surface area contributed by atoms with Gasteiger partial charge in [0.2, 0.25) is 0 Å². The molecule has 0 heterocycles. The molecular weight excluding hydrogens is 328 g/mol. The summed E-state index contributed by atoms with van der Waals surface area (Å²) in [7, 11) is 0. The van der Waals surface area contributed by atoms with E-state index in [1.54, 1.807) is 12.1 Å². The van der Waals surface area contributed by atoms with Crippen molar-refractivity contribution in [1.29, 1.82) is 5.26 Å². The van der Waals surface area contributed by atoms with Crippen molar-refractivity contribution in [1.82, 2.24) is 0 Å². The van der Waals surface area contributed by atoms with Crippen LogP contribution < -0.4 is 5.32 Å². The Morgan fingerprint density at radius 3 is 2.14 bits per heavy atom. The van der Waals surface area contributed by atoms with Gasteiger partial charge in [-0.25, -0.2) is 0 Å². The number of nitriles is 1. The molecule has 0 amide bonds. The van der Waals surface area contributed by atoms with Crippen molar-refractivity contribution in [2.75, 3.05) is 5.32 Å².